The number of ether oxygens (including phenoxy) is 2. The summed E-state index contributed by atoms with van der Waals surface area (Å²) < 4.78 is 11.5. The highest BCUT2D eigenvalue weighted by atomic mass is 79.9. The summed E-state index contributed by atoms with van der Waals surface area (Å²) in [5.74, 6) is 0.146. The van der Waals surface area contributed by atoms with Crippen molar-refractivity contribution in [3.8, 4) is 11.5 Å². The zero-order valence-corrected chi connectivity index (χ0v) is 16.2. The molecule has 140 valence electrons. The molecule has 2 atom stereocenters. The predicted molar refractivity (Wildman–Crippen MR) is 103 cm³/mol. The molecule has 0 aliphatic heterocycles. The minimum absolute atomic E-state index is 0.0303. The van der Waals surface area contributed by atoms with E-state index in [0.717, 1.165) is 4.47 Å². The third-order valence-electron chi connectivity index (χ3n) is 3.96. The summed E-state index contributed by atoms with van der Waals surface area (Å²) in [5.41, 5.74) is 1.22. The molecule has 0 unspecified atom stereocenters. The normalized spacial score (nSPS) is 12.9. The van der Waals surface area contributed by atoms with Gasteiger partial charge in [-0.05, 0) is 54.3 Å². The summed E-state index contributed by atoms with van der Waals surface area (Å²) in [7, 11) is 1.46. The lowest BCUT2D eigenvalue weighted by Gasteiger charge is -2.24. The summed E-state index contributed by atoms with van der Waals surface area (Å²) in [6, 6.07) is 12.0. The van der Waals surface area contributed by atoms with Crippen molar-refractivity contribution in [3.05, 3.63) is 52.5 Å². The fourth-order valence-corrected chi connectivity index (χ4v) is 2.81. The quantitative estimate of drug-likeness (QED) is 0.611. The third-order valence-corrected chi connectivity index (χ3v) is 4.49. The van der Waals surface area contributed by atoms with Crippen molar-refractivity contribution in [1.82, 2.24) is 0 Å². The average Bonchev–Trinajstić information content (AvgIpc) is 2.61. The second kappa shape index (κ2) is 9.45. The van der Waals surface area contributed by atoms with Gasteiger partial charge >= 0.3 is 6.09 Å². The molecular formula is C19H22BrNO5. The maximum Gasteiger partial charge on any atom is 0.412 e. The molecule has 3 N–H and O–H groups in total. The molecule has 0 spiro atoms. The summed E-state index contributed by atoms with van der Waals surface area (Å²) in [6.07, 6.45) is -0.796. The zero-order chi connectivity index (χ0) is 19.1. The van der Waals surface area contributed by atoms with Crippen LogP contribution in [0.5, 0.6) is 11.5 Å². The van der Waals surface area contributed by atoms with Crippen LogP contribution in [0.2, 0.25) is 0 Å². The Labute approximate surface area is 160 Å². The van der Waals surface area contributed by atoms with E-state index >= 15 is 0 Å². The SMILES string of the molecule is COc1ccc([C@H](OC(=O)Nc2ccc(Br)cc2)[C@@H](C)CCO)cc1O. The number of hydrogen-bond donors (Lipinski definition) is 3. The van der Waals surface area contributed by atoms with E-state index in [0.29, 0.717) is 23.4 Å². The van der Waals surface area contributed by atoms with Crippen LogP contribution in [0.4, 0.5) is 10.5 Å². The van der Waals surface area contributed by atoms with Gasteiger partial charge in [-0.1, -0.05) is 28.9 Å². The van der Waals surface area contributed by atoms with Crippen LogP contribution in [0.3, 0.4) is 0 Å². The van der Waals surface area contributed by atoms with Gasteiger partial charge in [0.15, 0.2) is 11.5 Å². The Morgan fingerprint density at radius 1 is 1.23 bits per heavy atom. The number of rotatable bonds is 7. The standard InChI is InChI=1S/C19H22BrNO5/c1-12(9-10-22)18(13-3-8-17(25-2)16(23)11-13)26-19(24)21-15-6-4-14(20)5-7-15/h3-8,11-12,18,22-23H,9-10H2,1-2H3,(H,21,24)/t12-,18+/m0/s1. The van der Waals surface area contributed by atoms with E-state index in [1.165, 1.54) is 13.2 Å². The summed E-state index contributed by atoms with van der Waals surface area (Å²) >= 11 is 3.34. The van der Waals surface area contributed by atoms with Crippen LogP contribution < -0.4 is 10.1 Å². The maximum atomic E-state index is 12.3. The number of carbonyl (C=O) groups is 1. The second-order valence-corrected chi connectivity index (χ2v) is 6.79. The largest absolute Gasteiger partial charge is 0.504 e. The number of phenols is 1. The molecule has 0 saturated heterocycles. The fourth-order valence-electron chi connectivity index (χ4n) is 2.55. The Kier molecular flexibility index (Phi) is 7.29. The van der Waals surface area contributed by atoms with Gasteiger partial charge in [0.2, 0.25) is 0 Å². The molecule has 0 aliphatic rings. The molecule has 0 aromatic heterocycles. The number of halogens is 1. The highest BCUT2D eigenvalue weighted by Gasteiger charge is 2.24. The van der Waals surface area contributed by atoms with Gasteiger partial charge < -0.3 is 19.7 Å². The third kappa shape index (κ3) is 5.37. The van der Waals surface area contributed by atoms with Gasteiger partial charge in [-0.15, -0.1) is 0 Å². The molecule has 6 nitrogen and oxygen atoms in total. The molecule has 0 fully saturated rings. The van der Waals surface area contributed by atoms with Crippen LogP contribution in [0.15, 0.2) is 46.9 Å². The minimum Gasteiger partial charge on any atom is -0.504 e. The van der Waals surface area contributed by atoms with Crippen molar-refractivity contribution in [2.75, 3.05) is 19.0 Å². The van der Waals surface area contributed by atoms with Crippen LogP contribution in [0.25, 0.3) is 0 Å². The first-order valence-corrected chi connectivity index (χ1v) is 8.95. The molecule has 0 bridgehead atoms. The fraction of sp³-hybridized carbons (Fsp3) is 0.316. The van der Waals surface area contributed by atoms with Crippen molar-refractivity contribution >= 4 is 27.7 Å². The molecule has 7 heteroatoms. The minimum atomic E-state index is -0.630. The molecule has 2 rings (SSSR count). The van der Waals surface area contributed by atoms with E-state index in [1.54, 1.807) is 24.3 Å². The van der Waals surface area contributed by atoms with Gasteiger partial charge in [-0.3, -0.25) is 5.32 Å². The molecule has 0 aliphatic carbocycles. The van der Waals surface area contributed by atoms with Crippen LogP contribution in [0, 0.1) is 5.92 Å². The number of aromatic hydroxyl groups is 1. The van der Waals surface area contributed by atoms with E-state index < -0.39 is 12.2 Å². The number of carbonyl (C=O) groups excluding carboxylic acids is 1. The number of hydrogen-bond acceptors (Lipinski definition) is 5. The Hall–Kier alpha value is -2.25. The number of benzene rings is 2. The lowest BCUT2D eigenvalue weighted by molar-refractivity contribution is 0.0666. The van der Waals surface area contributed by atoms with Crippen LogP contribution in [0.1, 0.15) is 25.0 Å². The number of anilines is 1. The summed E-state index contributed by atoms with van der Waals surface area (Å²) in [5, 5.41) is 21.9. The Morgan fingerprint density at radius 2 is 1.92 bits per heavy atom. The van der Waals surface area contributed by atoms with Crippen molar-refractivity contribution < 1.29 is 24.5 Å². The number of aliphatic hydroxyl groups is 1. The molecular weight excluding hydrogens is 402 g/mol. The number of methoxy groups -OCH3 is 1. The number of aliphatic hydroxyl groups excluding tert-OH is 1. The van der Waals surface area contributed by atoms with E-state index in [9.17, 15) is 15.0 Å². The van der Waals surface area contributed by atoms with Gasteiger partial charge in [0.05, 0.1) is 7.11 Å². The highest BCUT2D eigenvalue weighted by molar-refractivity contribution is 9.10. The Morgan fingerprint density at radius 3 is 2.50 bits per heavy atom. The van der Waals surface area contributed by atoms with Crippen molar-refractivity contribution in [3.63, 3.8) is 0 Å². The lowest BCUT2D eigenvalue weighted by Crippen LogP contribution is -2.22. The van der Waals surface area contributed by atoms with Crippen molar-refractivity contribution in [2.24, 2.45) is 5.92 Å². The Bertz CT molecular complexity index is 735. The summed E-state index contributed by atoms with van der Waals surface area (Å²) in [4.78, 5) is 12.3. The predicted octanol–water partition coefficient (Wildman–Crippen LogP) is 4.47. The topological polar surface area (TPSA) is 88.0 Å². The van der Waals surface area contributed by atoms with Gasteiger partial charge in [0.25, 0.3) is 0 Å². The Balaban J connectivity index is 2.17. The molecule has 0 radical (unpaired) electrons. The number of phenolic OH excluding ortho intramolecular Hbond substituents is 1. The zero-order valence-electron chi connectivity index (χ0n) is 14.6. The van der Waals surface area contributed by atoms with Gasteiger partial charge in [0.1, 0.15) is 6.10 Å². The molecule has 1 amide bonds. The van der Waals surface area contributed by atoms with Crippen molar-refractivity contribution in [2.45, 2.75) is 19.4 Å². The monoisotopic (exact) mass is 423 g/mol. The van der Waals surface area contributed by atoms with Crippen LogP contribution >= 0.6 is 15.9 Å². The molecule has 0 heterocycles. The van der Waals surface area contributed by atoms with E-state index in [2.05, 4.69) is 21.2 Å². The first-order chi connectivity index (χ1) is 12.4. The summed E-state index contributed by atoms with van der Waals surface area (Å²) in [6.45, 7) is 1.84. The first kappa shape index (κ1) is 20.1. The molecule has 2 aromatic rings. The van der Waals surface area contributed by atoms with Gasteiger partial charge in [-0.25, -0.2) is 4.79 Å². The van der Waals surface area contributed by atoms with E-state index in [4.69, 9.17) is 9.47 Å². The number of nitrogens with one attached hydrogen (secondary N) is 1. The lowest BCUT2D eigenvalue weighted by atomic mass is 9.94. The smallest absolute Gasteiger partial charge is 0.412 e. The highest BCUT2D eigenvalue weighted by Crippen LogP contribution is 2.34. The first-order valence-electron chi connectivity index (χ1n) is 8.15. The van der Waals surface area contributed by atoms with Gasteiger partial charge in [-0.2, -0.15) is 0 Å². The molecule has 2 aromatic carbocycles. The molecule has 0 saturated carbocycles. The van der Waals surface area contributed by atoms with E-state index in [1.807, 2.05) is 19.1 Å². The van der Waals surface area contributed by atoms with Crippen LogP contribution in [-0.2, 0) is 4.74 Å². The van der Waals surface area contributed by atoms with Crippen molar-refractivity contribution in [1.29, 1.82) is 0 Å². The maximum absolute atomic E-state index is 12.3. The second-order valence-electron chi connectivity index (χ2n) is 5.88. The van der Waals surface area contributed by atoms with E-state index in [-0.39, 0.29) is 18.3 Å². The van der Waals surface area contributed by atoms with Crippen LogP contribution in [-0.4, -0.2) is 30.0 Å². The molecule has 26 heavy (non-hydrogen) atoms. The van der Waals surface area contributed by atoms with Gasteiger partial charge in [0, 0.05) is 16.8 Å². The average molecular weight is 424 g/mol. The number of amides is 1.